The Bertz CT molecular complexity index is 408. The van der Waals surface area contributed by atoms with Crippen LogP contribution in [-0.2, 0) is 19.1 Å². The van der Waals surface area contributed by atoms with Gasteiger partial charge in [0.1, 0.15) is 0 Å². The van der Waals surface area contributed by atoms with Gasteiger partial charge >= 0.3 is 172 Å². The Morgan fingerprint density at radius 2 is 1.15 bits per heavy atom. The Kier molecular flexibility index (Phi) is 15.1. The molecule has 0 heterocycles. The number of carbonyl (C=O) groups excluding carboxylic acids is 2. The van der Waals surface area contributed by atoms with Gasteiger partial charge in [-0.2, -0.15) is 0 Å². The third kappa shape index (κ3) is 9.49. The van der Waals surface area contributed by atoms with Gasteiger partial charge in [-0.15, -0.1) is 0 Å². The molecule has 0 aliphatic rings. The Balaban J connectivity index is 5.58. The SMILES string of the molecule is C=[C](CC(C(=O)OCC)C(=O)OCC)[Sn]([CH2]CCC)([CH2]CCC)[CH2]CCC. The van der Waals surface area contributed by atoms with Gasteiger partial charge in [0.15, 0.2) is 0 Å². The van der Waals surface area contributed by atoms with E-state index in [1.165, 1.54) is 55.4 Å². The van der Waals surface area contributed by atoms with Crippen LogP contribution in [0.4, 0.5) is 0 Å². The van der Waals surface area contributed by atoms with Gasteiger partial charge in [0.2, 0.25) is 0 Å². The summed E-state index contributed by atoms with van der Waals surface area (Å²) in [7, 11) is 0. The third-order valence-electron chi connectivity index (χ3n) is 5.37. The molecule has 4 nitrogen and oxygen atoms in total. The van der Waals surface area contributed by atoms with Crippen LogP contribution in [-0.4, -0.2) is 43.5 Å². The molecule has 158 valence electrons. The minimum atomic E-state index is -2.68. The molecule has 0 unspecified atom stereocenters. The molecule has 0 amide bonds. The first kappa shape index (κ1) is 26.5. The molecule has 0 bridgehead atoms. The quantitative estimate of drug-likeness (QED) is 0.150. The number of hydrogen-bond donors (Lipinski definition) is 0. The van der Waals surface area contributed by atoms with E-state index in [0.717, 1.165) is 0 Å². The molecule has 0 N–H and O–H groups in total. The summed E-state index contributed by atoms with van der Waals surface area (Å²) >= 11 is -2.68. The Hall–Kier alpha value is -0.521. The van der Waals surface area contributed by atoms with E-state index >= 15 is 0 Å². The molecule has 0 aliphatic carbocycles. The Morgan fingerprint density at radius 1 is 0.778 bits per heavy atom. The molecular weight excluding hydrogens is 447 g/mol. The van der Waals surface area contributed by atoms with Crippen molar-refractivity contribution in [3.8, 4) is 0 Å². The van der Waals surface area contributed by atoms with Crippen LogP contribution in [0.3, 0.4) is 0 Å². The van der Waals surface area contributed by atoms with Gasteiger partial charge in [-0.1, -0.05) is 0 Å². The summed E-state index contributed by atoms with van der Waals surface area (Å²) in [4.78, 5) is 24.8. The van der Waals surface area contributed by atoms with Gasteiger partial charge in [0, 0.05) is 0 Å². The zero-order chi connectivity index (χ0) is 20.7. The summed E-state index contributed by atoms with van der Waals surface area (Å²) in [5, 5.41) is 0. The summed E-state index contributed by atoms with van der Waals surface area (Å²) in [6.45, 7) is 15.3. The zero-order valence-corrected chi connectivity index (χ0v) is 21.3. The van der Waals surface area contributed by atoms with Crippen molar-refractivity contribution < 1.29 is 19.1 Å². The molecule has 0 aromatic carbocycles. The van der Waals surface area contributed by atoms with E-state index in [1.54, 1.807) is 13.8 Å². The van der Waals surface area contributed by atoms with Crippen LogP contribution >= 0.6 is 0 Å². The number of esters is 2. The first-order chi connectivity index (χ1) is 12.9. The average molecular weight is 489 g/mol. The van der Waals surface area contributed by atoms with Crippen molar-refractivity contribution in [2.45, 2.75) is 92.9 Å². The normalized spacial score (nSPS) is 11.5. The molecule has 0 rings (SSSR count). The summed E-state index contributed by atoms with van der Waals surface area (Å²) in [6.07, 6.45) is 7.66. The van der Waals surface area contributed by atoms with Crippen LogP contribution in [0.1, 0.15) is 79.6 Å². The molecule has 0 fully saturated rings. The molecule has 0 saturated heterocycles. The fraction of sp³-hybridized carbons (Fsp3) is 0.818. The number of allylic oxidation sites excluding steroid dienone is 1. The number of ether oxygens (including phenoxy) is 2. The van der Waals surface area contributed by atoms with Gasteiger partial charge in [-0.25, -0.2) is 0 Å². The standard InChI is InChI=1S/C10H15O4.3C4H9.Sn/c1-4-7-8(9(11)13-5-2)10(12)14-6-3;3*1-3-4-2;/h8H,1,5-7H2,2-3H3;3*1,3-4H2,2H3;. The van der Waals surface area contributed by atoms with E-state index in [4.69, 9.17) is 9.47 Å². The molecule has 0 aromatic heterocycles. The van der Waals surface area contributed by atoms with Crippen molar-refractivity contribution in [3.05, 3.63) is 10.2 Å². The molecule has 0 aliphatic heterocycles. The van der Waals surface area contributed by atoms with E-state index < -0.39 is 36.2 Å². The molecule has 5 heteroatoms. The monoisotopic (exact) mass is 490 g/mol. The maximum atomic E-state index is 12.4. The number of carbonyl (C=O) groups is 2. The fourth-order valence-corrected chi connectivity index (χ4v) is 19.5. The van der Waals surface area contributed by atoms with Gasteiger partial charge in [-0.05, 0) is 0 Å². The second-order valence-corrected chi connectivity index (χ2v) is 21.1. The van der Waals surface area contributed by atoms with Crippen LogP contribution in [0.5, 0.6) is 0 Å². The van der Waals surface area contributed by atoms with E-state index in [-0.39, 0.29) is 13.2 Å². The molecule has 27 heavy (non-hydrogen) atoms. The molecule has 0 aromatic rings. The van der Waals surface area contributed by atoms with Crippen molar-refractivity contribution in [2.24, 2.45) is 5.92 Å². The van der Waals surface area contributed by atoms with Crippen molar-refractivity contribution >= 4 is 30.3 Å². The van der Waals surface area contributed by atoms with Crippen LogP contribution in [0.2, 0.25) is 13.3 Å². The maximum absolute atomic E-state index is 12.4. The van der Waals surface area contributed by atoms with Gasteiger partial charge in [0.25, 0.3) is 0 Å². The fourth-order valence-electron chi connectivity index (χ4n) is 3.66. The van der Waals surface area contributed by atoms with Crippen molar-refractivity contribution in [2.75, 3.05) is 13.2 Å². The van der Waals surface area contributed by atoms with Crippen LogP contribution in [0.15, 0.2) is 10.2 Å². The Labute approximate surface area is 171 Å². The van der Waals surface area contributed by atoms with E-state index in [9.17, 15) is 9.59 Å². The van der Waals surface area contributed by atoms with Crippen molar-refractivity contribution in [1.82, 2.24) is 0 Å². The third-order valence-corrected chi connectivity index (χ3v) is 21.5. The molecular formula is C22H42O4Sn. The summed E-state index contributed by atoms with van der Waals surface area (Å²) in [5.41, 5.74) is 0. The minimum absolute atomic E-state index is 0.275. The van der Waals surface area contributed by atoms with Gasteiger partial charge in [0.05, 0.1) is 0 Å². The van der Waals surface area contributed by atoms with Gasteiger partial charge in [-0.3, -0.25) is 0 Å². The molecule has 0 atom stereocenters. The topological polar surface area (TPSA) is 52.6 Å². The molecule has 0 spiro atoms. The van der Waals surface area contributed by atoms with Gasteiger partial charge < -0.3 is 0 Å². The van der Waals surface area contributed by atoms with Crippen LogP contribution in [0, 0.1) is 5.92 Å². The number of rotatable bonds is 16. The predicted octanol–water partition coefficient (Wildman–Crippen LogP) is 6.06. The first-order valence-electron chi connectivity index (χ1n) is 10.9. The number of hydrogen-bond acceptors (Lipinski definition) is 4. The molecule has 0 saturated carbocycles. The van der Waals surface area contributed by atoms with Crippen LogP contribution in [0.25, 0.3) is 0 Å². The number of unbranched alkanes of at least 4 members (excludes halogenated alkanes) is 3. The average Bonchev–Trinajstić information content (AvgIpc) is 2.65. The van der Waals surface area contributed by atoms with E-state index in [1.807, 2.05) is 0 Å². The molecule has 0 radical (unpaired) electrons. The predicted molar refractivity (Wildman–Crippen MR) is 115 cm³/mol. The second-order valence-electron chi connectivity index (χ2n) is 7.46. The Morgan fingerprint density at radius 3 is 1.44 bits per heavy atom. The van der Waals surface area contributed by atoms with E-state index in [0.29, 0.717) is 6.42 Å². The second kappa shape index (κ2) is 15.4. The summed E-state index contributed by atoms with van der Waals surface area (Å²) in [5.74, 6) is -1.77. The van der Waals surface area contributed by atoms with Crippen molar-refractivity contribution in [1.29, 1.82) is 0 Å². The van der Waals surface area contributed by atoms with Crippen LogP contribution < -0.4 is 0 Å². The summed E-state index contributed by atoms with van der Waals surface area (Å²) < 4.78 is 15.4. The zero-order valence-electron chi connectivity index (χ0n) is 18.4. The van der Waals surface area contributed by atoms with E-state index in [2.05, 4.69) is 27.4 Å². The first-order valence-corrected chi connectivity index (χ1v) is 18.4. The summed E-state index contributed by atoms with van der Waals surface area (Å²) in [6, 6.07) is 0. The van der Waals surface area contributed by atoms with Crippen molar-refractivity contribution in [3.63, 3.8) is 0 Å².